The van der Waals surface area contributed by atoms with E-state index in [9.17, 15) is 4.79 Å². The molecule has 1 aliphatic heterocycles. The fourth-order valence-electron chi connectivity index (χ4n) is 3.32. The molecule has 0 radical (unpaired) electrons. The van der Waals surface area contributed by atoms with Crippen LogP contribution in [0.1, 0.15) is 64.4 Å². The summed E-state index contributed by atoms with van der Waals surface area (Å²) in [6.07, 6.45) is 7.93. The van der Waals surface area contributed by atoms with Crippen molar-refractivity contribution < 1.29 is 14.3 Å². The predicted octanol–water partition coefficient (Wildman–Crippen LogP) is 4.59. The monoisotopic (exact) mass is 304 g/mol. The van der Waals surface area contributed by atoms with Crippen molar-refractivity contribution in [1.82, 2.24) is 0 Å². The minimum atomic E-state index is -0.798. The molecular weight excluding hydrogens is 276 g/mol. The number of esters is 1. The Labute approximate surface area is 134 Å². The van der Waals surface area contributed by atoms with Gasteiger partial charge >= 0.3 is 5.97 Å². The minimum Gasteiger partial charge on any atom is -0.467 e. The van der Waals surface area contributed by atoms with Gasteiger partial charge in [0.2, 0.25) is 0 Å². The predicted molar refractivity (Wildman–Crippen MR) is 87.6 cm³/mol. The average Bonchev–Trinajstić information content (AvgIpc) is 3.18. The van der Waals surface area contributed by atoms with Crippen molar-refractivity contribution >= 4 is 5.97 Å². The molecule has 2 unspecified atom stereocenters. The molecule has 3 nitrogen and oxygen atoms in total. The second kappa shape index (κ2) is 7.28. The number of carbonyl (C=O) groups excluding carboxylic acids is 1. The van der Waals surface area contributed by atoms with Gasteiger partial charge in [-0.3, -0.25) is 0 Å². The molecule has 1 heterocycles. The maximum atomic E-state index is 12.3. The number of epoxide rings is 1. The van der Waals surface area contributed by atoms with E-state index in [1.807, 2.05) is 37.3 Å². The van der Waals surface area contributed by atoms with E-state index in [1.165, 1.54) is 32.8 Å². The van der Waals surface area contributed by atoms with E-state index in [1.54, 1.807) is 0 Å². The van der Waals surface area contributed by atoms with Gasteiger partial charge in [-0.2, -0.15) is 0 Å². The van der Waals surface area contributed by atoms with Crippen LogP contribution in [0.15, 0.2) is 30.3 Å². The summed E-state index contributed by atoms with van der Waals surface area (Å²) in [5.41, 5.74) is -0.301. The largest absolute Gasteiger partial charge is 0.467 e. The zero-order valence-electron chi connectivity index (χ0n) is 14.1. The molecule has 0 aliphatic carbocycles. The highest BCUT2D eigenvalue weighted by molar-refractivity contribution is 5.85. The molecule has 1 saturated heterocycles. The molecule has 3 heteroatoms. The van der Waals surface area contributed by atoms with Gasteiger partial charge in [0.25, 0.3) is 0 Å². The molecule has 0 saturated carbocycles. The summed E-state index contributed by atoms with van der Waals surface area (Å²) in [5.74, 6) is -0.243. The van der Waals surface area contributed by atoms with Crippen LogP contribution in [0, 0.1) is 0 Å². The van der Waals surface area contributed by atoms with Gasteiger partial charge in [-0.25, -0.2) is 4.79 Å². The molecule has 122 valence electrons. The number of benzene rings is 1. The molecule has 2 rings (SSSR count). The Bertz CT molecular complexity index is 485. The van der Waals surface area contributed by atoms with Gasteiger partial charge < -0.3 is 9.47 Å². The highest BCUT2D eigenvalue weighted by Crippen LogP contribution is 2.58. The van der Waals surface area contributed by atoms with Crippen LogP contribution in [0.4, 0.5) is 0 Å². The summed E-state index contributed by atoms with van der Waals surface area (Å²) in [7, 11) is 1.44. The van der Waals surface area contributed by atoms with E-state index in [2.05, 4.69) is 6.92 Å². The Kier molecular flexibility index (Phi) is 5.63. The van der Waals surface area contributed by atoms with Crippen molar-refractivity contribution in [2.75, 3.05) is 7.11 Å². The first-order chi connectivity index (χ1) is 10.6. The molecule has 0 spiro atoms. The first-order valence-electron chi connectivity index (χ1n) is 8.45. The van der Waals surface area contributed by atoms with Gasteiger partial charge in [0.15, 0.2) is 5.60 Å². The highest BCUT2D eigenvalue weighted by Gasteiger charge is 2.72. The SMILES string of the molecule is CCCCCCCCC1(C(=O)OC)OC1(C)c1ccccc1. The maximum Gasteiger partial charge on any atom is 0.341 e. The fraction of sp³-hybridized carbons (Fsp3) is 0.632. The molecule has 1 aromatic carbocycles. The van der Waals surface area contributed by atoms with E-state index in [-0.39, 0.29) is 5.97 Å². The molecule has 0 amide bonds. The third kappa shape index (κ3) is 3.19. The second-order valence-corrected chi connectivity index (χ2v) is 6.34. The zero-order valence-corrected chi connectivity index (χ0v) is 14.1. The van der Waals surface area contributed by atoms with Gasteiger partial charge in [0.1, 0.15) is 5.60 Å². The van der Waals surface area contributed by atoms with Crippen LogP contribution in [0.2, 0.25) is 0 Å². The molecular formula is C19H28O3. The van der Waals surface area contributed by atoms with Gasteiger partial charge in [-0.05, 0) is 25.3 Å². The number of unbranched alkanes of at least 4 members (excludes halogenated alkanes) is 5. The van der Waals surface area contributed by atoms with Crippen molar-refractivity contribution in [3.8, 4) is 0 Å². The zero-order chi connectivity index (χ0) is 16.1. The molecule has 2 atom stereocenters. The Hall–Kier alpha value is -1.35. The lowest BCUT2D eigenvalue weighted by Crippen LogP contribution is -2.32. The first-order valence-corrected chi connectivity index (χ1v) is 8.45. The van der Waals surface area contributed by atoms with Crippen LogP contribution in [0.3, 0.4) is 0 Å². The summed E-state index contributed by atoms with van der Waals surface area (Å²) < 4.78 is 11.0. The third-order valence-corrected chi connectivity index (χ3v) is 4.83. The topological polar surface area (TPSA) is 38.8 Å². The Morgan fingerprint density at radius 3 is 2.36 bits per heavy atom. The number of methoxy groups -OCH3 is 1. The standard InChI is InChI=1S/C19H28O3/c1-4-5-6-7-8-12-15-19(17(20)21-3)18(2,22-19)16-13-10-9-11-14-16/h9-11,13-14H,4-8,12,15H2,1-3H3. The highest BCUT2D eigenvalue weighted by atomic mass is 16.7. The molecule has 1 fully saturated rings. The molecule has 0 aromatic heterocycles. The summed E-state index contributed by atoms with van der Waals surface area (Å²) in [6, 6.07) is 9.98. The number of carbonyl (C=O) groups is 1. The quantitative estimate of drug-likeness (QED) is 0.380. The van der Waals surface area contributed by atoms with Gasteiger partial charge in [0.05, 0.1) is 7.11 Å². The van der Waals surface area contributed by atoms with Crippen molar-refractivity contribution in [3.05, 3.63) is 35.9 Å². The van der Waals surface area contributed by atoms with Gasteiger partial charge in [-0.1, -0.05) is 69.4 Å². The van der Waals surface area contributed by atoms with Gasteiger partial charge in [-0.15, -0.1) is 0 Å². The van der Waals surface area contributed by atoms with Crippen molar-refractivity contribution in [3.63, 3.8) is 0 Å². The van der Waals surface area contributed by atoms with Crippen LogP contribution >= 0.6 is 0 Å². The molecule has 22 heavy (non-hydrogen) atoms. The maximum absolute atomic E-state index is 12.3. The van der Waals surface area contributed by atoms with Crippen LogP contribution in [-0.2, 0) is 19.9 Å². The van der Waals surface area contributed by atoms with E-state index < -0.39 is 11.2 Å². The van der Waals surface area contributed by atoms with Crippen LogP contribution in [0.5, 0.6) is 0 Å². The third-order valence-electron chi connectivity index (χ3n) is 4.83. The summed E-state index contributed by atoms with van der Waals surface area (Å²) in [6.45, 7) is 4.21. The van der Waals surface area contributed by atoms with E-state index in [0.717, 1.165) is 24.8 Å². The Morgan fingerprint density at radius 1 is 1.09 bits per heavy atom. The summed E-state index contributed by atoms with van der Waals surface area (Å²) >= 11 is 0. The van der Waals surface area contributed by atoms with Gasteiger partial charge in [0, 0.05) is 0 Å². The normalized spacial score (nSPS) is 26.7. The molecule has 0 N–H and O–H groups in total. The Balaban J connectivity index is 1.98. The van der Waals surface area contributed by atoms with Crippen LogP contribution in [0.25, 0.3) is 0 Å². The number of rotatable bonds is 9. The Morgan fingerprint density at radius 2 is 1.73 bits per heavy atom. The minimum absolute atomic E-state index is 0.243. The summed E-state index contributed by atoms with van der Waals surface area (Å²) in [5, 5.41) is 0. The second-order valence-electron chi connectivity index (χ2n) is 6.34. The van der Waals surface area contributed by atoms with Crippen LogP contribution < -0.4 is 0 Å². The van der Waals surface area contributed by atoms with E-state index in [0.29, 0.717) is 0 Å². The van der Waals surface area contributed by atoms with Crippen molar-refractivity contribution in [1.29, 1.82) is 0 Å². The molecule has 1 aliphatic rings. The average molecular weight is 304 g/mol. The lowest BCUT2D eigenvalue weighted by atomic mass is 9.84. The van der Waals surface area contributed by atoms with Crippen LogP contribution in [-0.4, -0.2) is 18.7 Å². The van der Waals surface area contributed by atoms with Crippen molar-refractivity contribution in [2.24, 2.45) is 0 Å². The summed E-state index contributed by atoms with van der Waals surface area (Å²) in [4.78, 5) is 12.3. The number of hydrogen-bond donors (Lipinski definition) is 0. The van der Waals surface area contributed by atoms with E-state index in [4.69, 9.17) is 9.47 Å². The number of ether oxygens (including phenoxy) is 2. The van der Waals surface area contributed by atoms with E-state index >= 15 is 0 Å². The lowest BCUT2D eigenvalue weighted by Gasteiger charge is -2.15. The number of hydrogen-bond acceptors (Lipinski definition) is 3. The van der Waals surface area contributed by atoms with Crippen molar-refractivity contribution in [2.45, 2.75) is 70.0 Å². The fourth-order valence-corrected chi connectivity index (χ4v) is 3.32. The lowest BCUT2D eigenvalue weighted by molar-refractivity contribution is -0.147. The first kappa shape index (κ1) is 17.0. The molecule has 0 bridgehead atoms. The smallest absolute Gasteiger partial charge is 0.341 e. The molecule has 1 aromatic rings.